The lowest BCUT2D eigenvalue weighted by Gasteiger charge is -2.15. The van der Waals surface area contributed by atoms with Crippen molar-refractivity contribution in [3.8, 4) is 0 Å². The van der Waals surface area contributed by atoms with Gasteiger partial charge in [-0.3, -0.25) is 4.79 Å². The molecule has 0 aliphatic carbocycles. The van der Waals surface area contributed by atoms with E-state index in [0.29, 0.717) is 18.7 Å². The van der Waals surface area contributed by atoms with Crippen molar-refractivity contribution in [1.29, 1.82) is 0 Å². The van der Waals surface area contributed by atoms with Gasteiger partial charge in [0.15, 0.2) is 0 Å². The van der Waals surface area contributed by atoms with E-state index in [1.54, 1.807) is 20.3 Å². The molecule has 1 atom stereocenters. The Bertz CT molecular complexity index is 452. The number of anilines is 1. The molecule has 0 aliphatic heterocycles. The highest BCUT2D eigenvalue weighted by Gasteiger charge is 2.12. The van der Waals surface area contributed by atoms with Gasteiger partial charge < -0.3 is 20.1 Å². The topological polar surface area (TPSA) is 72.5 Å². The Morgan fingerprint density at radius 3 is 2.67 bits per heavy atom. The third-order valence-electron chi connectivity index (χ3n) is 3.04. The molecule has 0 saturated carbocycles. The van der Waals surface area contributed by atoms with E-state index < -0.39 is 0 Å². The number of hydrogen-bond donors (Lipinski definition) is 2. The van der Waals surface area contributed by atoms with Crippen LogP contribution < -0.4 is 10.6 Å². The lowest BCUT2D eigenvalue weighted by molar-refractivity contribution is 0.0285. The maximum Gasteiger partial charge on any atom is 0.251 e. The summed E-state index contributed by atoms with van der Waals surface area (Å²) in [6.45, 7) is 5.62. The zero-order valence-electron chi connectivity index (χ0n) is 13.2. The molecule has 1 heterocycles. The summed E-state index contributed by atoms with van der Waals surface area (Å²) < 4.78 is 10.2. The monoisotopic (exact) mass is 295 g/mol. The van der Waals surface area contributed by atoms with Crippen LogP contribution in [0.15, 0.2) is 12.1 Å². The zero-order valence-corrected chi connectivity index (χ0v) is 13.2. The molecule has 118 valence electrons. The van der Waals surface area contributed by atoms with E-state index in [-0.39, 0.29) is 12.0 Å². The molecule has 0 spiro atoms. The fourth-order valence-electron chi connectivity index (χ4n) is 1.88. The van der Waals surface area contributed by atoms with E-state index in [4.69, 9.17) is 9.47 Å². The van der Waals surface area contributed by atoms with Gasteiger partial charge in [-0.15, -0.1) is 0 Å². The fourth-order valence-corrected chi connectivity index (χ4v) is 1.88. The fraction of sp³-hybridized carbons (Fsp3) is 0.600. The number of rotatable bonds is 9. The SMILES string of the molecule is CCNc1cc(C(=O)NCC(COC)OC)cc(CC)n1. The number of nitrogens with one attached hydrogen (secondary N) is 2. The lowest BCUT2D eigenvalue weighted by Crippen LogP contribution is -2.35. The molecule has 6 nitrogen and oxygen atoms in total. The molecule has 1 aromatic heterocycles. The third kappa shape index (κ3) is 5.69. The van der Waals surface area contributed by atoms with Gasteiger partial charge in [-0.05, 0) is 25.5 Å². The van der Waals surface area contributed by atoms with Crippen molar-refractivity contribution >= 4 is 11.7 Å². The van der Waals surface area contributed by atoms with Crippen molar-refractivity contribution < 1.29 is 14.3 Å². The summed E-state index contributed by atoms with van der Waals surface area (Å²) in [5, 5.41) is 5.99. The second-order valence-corrected chi connectivity index (χ2v) is 4.64. The summed E-state index contributed by atoms with van der Waals surface area (Å²) in [6.07, 6.45) is 0.629. The summed E-state index contributed by atoms with van der Waals surface area (Å²) in [4.78, 5) is 16.7. The Balaban J connectivity index is 2.74. The van der Waals surface area contributed by atoms with Crippen LogP contribution in [0.3, 0.4) is 0 Å². The number of carbonyl (C=O) groups excluding carboxylic acids is 1. The average molecular weight is 295 g/mol. The number of aromatic nitrogens is 1. The lowest BCUT2D eigenvalue weighted by atomic mass is 10.1. The van der Waals surface area contributed by atoms with Gasteiger partial charge in [-0.25, -0.2) is 4.98 Å². The van der Waals surface area contributed by atoms with E-state index in [2.05, 4.69) is 15.6 Å². The smallest absolute Gasteiger partial charge is 0.251 e. The van der Waals surface area contributed by atoms with Gasteiger partial charge in [0.2, 0.25) is 0 Å². The van der Waals surface area contributed by atoms with Gasteiger partial charge in [0, 0.05) is 38.6 Å². The summed E-state index contributed by atoms with van der Waals surface area (Å²) >= 11 is 0. The first kappa shape index (κ1) is 17.4. The molecule has 21 heavy (non-hydrogen) atoms. The minimum absolute atomic E-state index is 0.135. The van der Waals surface area contributed by atoms with Crippen molar-refractivity contribution in [2.75, 3.05) is 39.2 Å². The normalized spacial score (nSPS) is 12.0. The minimum Gasteiger partial charge on any atom is -0.382 e. The molecule has 0 radical (unpaired) electrons. The van der Waals surface area contributed by atoms with Crippen LogP contribution in [-0.2, 0) is 15.9 Å². The molecule has 6 heteroatoms. The van der Waals surface area contributed by atoms with Crippen LogP contribution in [0.25, 0.3) is 0 Å². The van der Waals surface area contributed by atoms with Crippen molar-refractivity contribution in [3.63, 3.8) is 0 Å². The molecule has 1 amide bonds. The van der Waals surface area contributed by atoms with E-state index >= 15 is 0 Å². The number of methoxy groups -OCH3 is 2. The predicted octanol–water partition coefficient (Wildman–Crippen LogP) is 1.47. The predicted molar refractivity (Wildman–Crippen MR) is 82.8 cm³/mol. The van der Waals surface area contributed by atoms with Crippen LogP contribution in [0, 0.1) is 0 Å². The molecule has 1 aromatic rings. The molecule has 0 bridgehead atoms. The maximum atomic E-state index is 12.2. The van der Waals surface area contributed by atoms with Crippen LogP contribution in [0.1, 0.15) is 29.9 Å². The minimum atomic E-state index is -0.153. The first-order valence-electron chi connectivity index (χ1n) is 7.19. The van der Waals surface area contributed by atoms with E-state index in [1.807, 2.05) is 19.9 Å². The summed E-state index contributed by atoms with van der Waals surface area (Å²) in [5.74, 6) is 0.589. The van der Waals surface area contributed by atoms with Gasteiger partial charge in [-0.2, -0.15) is 0 Å². The van der Waals surface area contributed by atoms with E-state index in [9.17, 15) is 4.79 Å². The molecular formula is C15H25N3O3. The number of ether oxygens (including phenoxy) is 2. The van der Waals surface area contributed by atoms with Crippen LogP contribution in [0.4, 0.5) is 5.82 Å². The van der Waals surface area contributed by atoms with Crippen LogP contribution in [-0.4, -0.2) is 50.9 Å². The van der Waals surface area contributed by atoms with E-state index in [1.165, 1.54) is 0 Å². The zero-order chi connectivity index (χ0) is 15.7. The van der Waals surface area contributed by atoms with Gasteiger partial charge in [0.25, 0.3) is 5.91 Å². The number of carbonyl (C=O) groups is 1. The Hall–Kier alpha value is -1.66. The first-order chi connectivity index (χ1) is 10.1. The number of pyridine rings is 1. The van der Waals surface area contributed by atoms with Crippen molar-refractivity contribution in [3.05, 3.63) is 23.4 Å². The van der Waals surface area contributed by atoms with Crippen molar-refractivity contribution in [2.24, 2.45) is 0 Å². The van der Waals surface area contributed by atoms with Gasteiger partial charge >= 0.3 is 0 Å². The van der Waals surface area contributed by atoms with Gasteiger partial charge in [0.1, 0.15) is 5.82 Å². The standard InChI is InChI=1S/C15H25N3O3/c1-5-12-7-11(8-14(18-12)16-6-2)15(19)17-9-13(21-4)10-20-3/h7-8,13H,5-6,9-10H2,1-4H3,(H,16,18)(H,17,19). The summed E-state index contributed by atoms with van der Waals surface area (Å²) in [7, 11) is 3.20. The summed E-state index contributed by atoms with van der Waals surface area (Å²) in [6, 6.07) is 3.57. The van der Waals surface area contributed by atoms with E-state index in [0.717, 1.165) is 24.5 Å². The highest BCUT2D eigenvalue weighted by Crippen LogP contribution is 2.11. The van der Waals surface area contributed by atoms with Crippen molar-refractivity contribution in [1.82, 2.24) is 10.3 Å². The summed E-state index contributed by atoms with van der Waals surface area (Å²) in [5.41, 5.74) is 1.49. The molecule has 0 saturated heterocycles. The number of amides is 1. The number of aryl methyl sites for hydroxylation is 1. The molecule has 1 rings (SSSR count). The van der Waals surface area contributed by atoms with Crippen molar-refractivity contribution in [2.45, 2.75) is 26.4 Å². The molecule has 0 aromatic carbocycles. The highest BCUT2D eigenvalue weighted by molar-refractivity contribution is 5.95. The van der Waals surface area contributed by atoms with Crippen LogP contribution in [0.5, 0.6) is 0 Å². The Labute approximate surface area is 126 Å². The molecular weight excluding hydrogens is 270 g/mol. The molecule has 0 aliphatic rings. The second-order valence-electron chi connectivity index (χ2n) is 4.64. The largest absolute Gasteiger partial charge is 0.382 e. The second kappa shape index (κ2) is 9.31. The van der Waals surface area contributed by atoms with Crippen LogP contribution >= 0.6 is 0 Å². The quantitative estimate of drug-likeness (QED) is 0.722. The maximum absolute atomic E-state index is 12.2. The third-order valence-corrected chi connectivity index (χ3v) is 3.04. The highest BCUT2D eigenvalue weighted by atomic mass is 16.5. The van der Waals surface area contributed by atoms with Gasteiger partial charge in [-0.1, -0.05) is 6.92 Å². The van der Waals surface area contributed by atoms with Gasteiger partial charge in [0.05, 0.1) is 12.7 Å². The van der Waals surface area contributed by atoms with Crippen LogP contribution in [0.2, 0.25) is 0 Å². The molecule has 1 unspecified atom stereocenters. The average Bonchev–Trinajstić information content (AvgIpc) is 2.51. The first-order valence-corrected chi connectivity index (χ1v) is 7.19. The number of nitrogens with zero attached hydrogens (tertiary/aromatic N) is 1. The Morgan fingerprint density at radius 1 is 1.33 bits per heavy atom. The number of hydrogen-bond acceptors (Lipinski definition) is 5. The molecule has 2 N–H and O–H groups in total. The Kier molecular flexibility index (Phi) is 7.71. The Morgan fingerprint density at radius 2 is 2.10 bits per heavy atom. The molecule has 0 fully saturated rings.